The van der Waals surface area contributed by atoms with Gasteiger partial charge in [0, 0.05) is 10.6 Å². The molecule has 3 rings (SSSR count). The Hall–Kier alpha value is -2.57. The number of nitrogens with zero attached hydrogens (tertiary/aromatic N) is 2. The number of hydrazone groups is 1. The third kappa shape index (κ3) is 3.25. The predicted octanol–water partition coefficient (Wildman–Crippen LogP) is 3.80. The molecule has 1 atom stereocenters. The molecule has 1 heterocycles. The van der Waals surface area contributed by atoms with Gasteiger partial charge in [-0.15, -0.1) is 5.01 Å². The van der Waals surface area contributed by atoms with Gasteiger partial charge in [0.15, 0.2) is 0 Å². The van der Waals surface area contributed by atoms with E-state index in [1.807, 2.05) is 0 Å². The summed E-state index contributed by atoms with van der Waals surface area (Å²) in [5.74, 6) is 0.162. The molecule has 1 aliphatic heterocycles. The number of hydrogen-bond acceptors (Lipinski definition) is 4. The third-order valence-electron chi connectivity index (χ3n) is 4.11. The molecule has 134 valence electrons. The summed E-state index contributed by atoms with van der Waals surface area (Å²) in [5, 5.41) is 8.30. The Morgan fingerprint density at radius 2 is 1.85 bits per heavy atom. The summed E-state index contributed by atoms with van der Waals surface area (Å²) in [4.78, 5) is 25.1. The molecule has 0 bridgehead atoms. The van der Waals surface area contributed by atoms with Crippen molar-refractivity contribution in [2.75, 3.05) is 7.11 Å². The van der Waals surface area contributed by atoms with Gasteiger partial charge in [-0.2, -0.15) is 5.10 Å². The summed E-state index contributed by atoms with van der Waals surface area (Å²) in [7, 11) is 1.55. The zero-order valence-corrected chi connectivity index (χ0v) is 15.5. The van der Waals surface area contributed by atoms with Crippen LogP contribution in [-0.2, 0) is 10.3 Å². The number of ether oxygens (including phenoxy) is 1. The summed E-state index contributed by atoms with van der Waals surface area (Å²) < 4.78 is 5.11. The van der Waals surface area contributed by atoms with Crippen molar-refractivity contribution >= 4 is 41.4 Å². The number of urea groups is 1. The quantitative estimate of drug-likeness (QED) is 0.636. The Bertz CT molecular complexity index is 899. The van der Waals surface area contributed by atoms with E-state index in [9.17, 15) is 9.59 Å². The van der Waals surface area contributed by atoms with Crippen LogP contribution in [0.2, 0.25) is 10.0 Å². The lowest BCUT2D eigenvalue weighted by Gasteiger charge is -2.21. The number of imide groups is 1. The first-order chi connectivity index (χ1) is 12.3. The van der Waals surface area contributed by atoms with Crippen LogP contribution in [0.25, 0.3) is 0 Å². The van der Waals surface area contributed by atoms with Crippen LogP contribution >= 0.6 is 23.2 Å². The summed E-state index contributed by atoms with van der Waals surface area (Å²) in [6.07, 6.45) is 1.34. The molecule has 1 N–H and O–H groups in total. The Kier molecular flexibility index (Phi) is 4.89. The first-order valence-corrected chi connectivity index (χ1v) is 8.41. The molecule has 2 aromatic carbocycles. The Morgan fingerprint density at radius 1 is 1.15 bits per heavy atom. The molecular formula is C18H15Cl2N3O3. The standard InChI is InChI=1S/C18H15Cl2N3O3/c1-18(12-4-7-14(26-2)8-5-12)16(24)23(17(25)22-18)21-10-11-3-6-13(19)9-15(11)20/h3-10H,1-2H3,(H,22,25)/b21-10-/t18-/m1/s1. The molecule has 3 amide bonds. The van der Waals surface area contributed by atoms with Crippen molar-refractivity contribution in [1.29, 1.82) is 0 Å². The van der Waals surface area contributed by atoms with E-state index in [0.717, 1.165) is 5.01 Å². The van der Waals surface area contributed by atoms with Crippen LogP contribution in [0.1, 0.15) is 18.1 Å². The fourth-order valence-corrected chi connectivity index (χ4v) is 3.03. The first kappa shape index (κ1) is 18.2. The number of carbonyl (C=O) groups excluding carboxylic acids is 2. The van der Waals surface area contributed by atoms with Gasteiger partial charge in [-0.3, -0.25) is 4.79 Å². The van der Waals surface area contributed by atoms with Gasteiger partial charge in [-0.1, -0.05) is 41.4 Å². The van der Waals surface area contributed by atoms with Crippen molar-refractivity contribution in [2.24, 2.45) is 5.10 Å². The van der Waals surface area contributed by atoms with Gasteiger partial charge < -0.3 is 10.1 Å². The number of methoxy groups -OCH3 is 1. The number of hydrogen-bond donors (Lipinski definition) is 1. The minimum Gasteiger partial charge on any atom is -0.497 e. The second kappa shape index (κ2) is 6.97. The van der Waals surface area contributed by atoms with Crippen LogP contribution < -0.4 is 10.1 Å². The van der Waals surface area contributed by atoms with Crippen LogP contribution in [0.4, 0.5) is 4.79 Å². The molecule has 0 aromatic heterocycles. The van der Waals surface area contributed by atoms with Gasteiger partial charge in [0.1, 0.15) is 11.3 Å². The lowest BCUT2D eigenvalue weighted by atomic mass is 9.92. The van der Waals surface area contributed by atoms with Crippen LogP contribution in [0.3, 0.4) is 0 Å². The van der Waals surface area contributed by atoms with Crippen molar-refractivity contribution in [2.45, 2.75) is 12.5 Å². The van der Waals surface area contributed by atoms with Crippen molar-refractivity contribution in [3.05, 3.63) is 63.6 Å². The van der Waals surface area contributed by atoms with Gasteiger partial charge in [0.25, 0.3) is 5.91 Å². The van der Waals surface area contributed by atoms with Gasteiger partial charge >= 0.3 is 6.03 Å². The van der Waals surface area contributed by atoms with Crippen LogP contribution in [0.5, 0.6) is 5.75 Å². The first-order valence-electron chi connectivity index (χ1n) is 7.65. The van der Waals surface area contributed by atoms with E-state index in [-0.39, 0.29) is 0 Å². The van der Waals surface area contributed by atoms with E-state index in [4.69, 9.17) is 27.9 Å². The normalized spacial score (nSPS) is 19.9. The highest BCUT2D eigenvalue weighted by atomic mass is 35.5. The summed E-state index contributed by atoms with van der Waals surface area (Å²) in [5.41, 5.74) is -0.0570. The van der Waals surface area contributed by atoms with Crippen molar-refractivity contribution in [1.82, 2.24) is 10.3 Å². The van der Waals surface area contributed by atoms with E-state index in [0.29, 0.717) is 26.9 Å². The highest BCUT2D eigenvalue weighted by Crippen LogP contribution is 2.30. The van der Waals surface area contributed by atoms with Gasteiger partial charge in [-0.05, 0) is 36.8 Å². The summed E-state index contributed by atoms with van der Waals surface area (Å²) in [6, 6.07) is 11.1. The highest BCUT2D eigenvalue weighted by Gasteiger charge is 2.49. The maximum absolute atomic E-state index is 12.8. The van der Waals surface area contributed by atoms with Crippen molar-refractivity contribution in [3.63, 3.8) is 0 Å². The minimum absolute atomic E-state index is 0.367. The van der Waals surface area contributed by atoms with E-state index in [1.165, 1.54) is 6.21 Å². The maximum Gasteiger partial charge on any atom is 0.346 e. The number of carbonyl (C=O) groups is 2. The fourth-order valence-electron chi connectivity index (χ4n) is 2.58. The molecule has 1 aliphatic rings. The van der Waals surface area contributed by atoms with E-state index >= 15 is 0 Å². The topological polar surface area (TPSA) is 71.0 Å². The second-order valence-electron chi connectivity index (χ2n) is 5.81. The molecule has 0 unspecified atom stereocenters. The summed E-state index contributed by atoms with van der Waals surface area (Å²) in [6.45, 7) is 1.62. The monoisotopic (exact) mass is 391 g/mol. The molecule has 0 radical (unpaired) electrons. The second-order valence-corrected chi connectivity index (χ2v) is 6.65. The number of amides is 3. The zero-order valence-electron chi connectivity index (χ0n) is 14.0. The van der Waals surface area contributed by atoms with Crippen molar-refractivity contribution < 1.29 is 14.3 Å². The molecule has 1 saturated heterocycles. The Morgan fingerprint density at radius 3 is 2.46 bits per heavy atom. The number of rotatable bonds is 4. The molecule has 0 spiro atoms. The Labute approximate surface area is 160 Å². The average molecular weight is 392 g/mol. The molecule has 2 aromatic rings. The van der Waals surface area contributed by atoms with E-state index in [2.05, 4.69) is 10.4 Å². The molecule has 8 heteroatoms. The predicted molar refractivity (Wildman–Crippen MR) is 99.8 cm³/mol. The Balaban J connectivity index is 1.87. The number of nitrogens with one attached hydrogen (secondary N) is 1. The van der Waals surface area contributed by atoms with Crippen LogP contribution in [0.15, 0.2) is 47.6 Å². The van der Waals surface area contributed by atoms with Crippen LogP contribution in [0, 0.1) is 0 Å². The minimum atomic E-state index is -1.22. The SMILES string of the molecule is COc1ccc([C@@]2(C)NC(=O)N(/N=C\c3ccc(Cl)cc3Cl)C2=O)cc1. The lowest BCUT2D eigenvalue weighted by molar-refractivity contribution is -0.131. The fraction of sp³-hybridized carbons (Fsp3) is 0.167. The van der Waals surface area contributed by atoms with E-state index < -0.39 is 17.5 Å². The van der Waals surface area contributed by atoms with Crippen LogP contribution in [-0.4, -0.2) is 30.3 Å². The lowest BCUT2D eigenvalue weighted by Crippen LogP contribution is -2.40. The third-order valence-corrected chi connectivity index (χ3v) is 4.67. The molecule has 0 saturated carbocycles. The number of benzene rings is 2. The molecular weight excluding hydrogens is 377 g/mol. The molecule has 1 fully saturated rings. The van der Waals surface area contributed by atoms with Crippen molar-refractivity contribution in [3.8, 4) is 5.75 Å². The molecule has 26 heavy (non-hydrogen) atoms. The van der Waals surface area contributed by atoms with Gasteiger partial charge in [0.2, 0.25) is 0 Å². The van der Waals surface area contributed by atoms with E-state index in [1.54, 1.807) is 56.5 Å². The largest absolute Gasteiger partial charge is 0.497 e. The average Bonchev–Trinajstić information content (AvgIpc) is 2.84. The number of halogens is 2. The summed E-state index contributed by atoms with van der Waals surface area (Å²) >= 11 is 11.9. The van der Waals surface area contributed by atoms with Gasteiger partial charge in [0.05, 0.1) is 18.3 Å². The van der Waals surface area contributed by atoms with Gasteiger partial charge in [-0.25, -0.2) is 4.79 Å². The molecule has 6 nitrogen and oxygen atoms in total. The smallest absolute Gasteiger partial charge is 0.346 e. The highest BCUT2D eigenvalue weighted by molar-refractivity contribution is 6.36. The maximum atomic E-state index is 12.8. The zero-order chi connectivity index (χ0) is 18.9. The molecule has 0 aliphatic carbocycles.